The van der Waals surface area contributed by atoms with E-state index in [1.807, 2.05) is 4.57 Å². The highest BCUT2D eigenvalue weighted by Crippen LogP contribution is 2.15. The van der Waals surface area contributed by atoms with E-state index in [4.69, 9.17) is 0 Å². The maximum absolute atomic E-state index is 13.4. The van der Waals surface area contributed by atoms with E-state index < -0.39 is 18.0 Å². The molecule has 1 aromatic carbocycles. The first-order chi connectivity index (χ1) is 10.2. The predicted octanol–water partition coefficient (Wildman–Crippen LogP) is 1.05. The largest absolute Gasteiger partial charge is 0.386 e. The van der Waals surface area contributed by atoms with Crippen molar-refractivity contribution in [1.29, 1.82) is 0 Å². The quantitative estimate of drug-likeness (QED) is 0.744. The normalized spacial score (nSPS) is 11.9. The zero-order chi connectivity index (χ0) is 15.1. The van der Waals surface area contributed by atoms with E-state index in [0.717, 1.165) is 0 Å². The summed E-state index contributed by atoms with van der Waals surface area (Å²) in [6, 6.07) is 5.52. The Labute approximate surface area is 121 Å². The molecule has 0 saturated carbocycles. The molecule has 0 radical (unpaired) electrons. The van der Waals surface area contributed by atoms with Crippen LogP contribution in [0, 0.1) is 5.82 Å². The van der Waals surface area contributed by atoms with Crippen LogP contribution in [0.25, 0.3) is 0 Å². The SMILES string of the molecule is O=C(NCCn1ccnc1)NCC(O)c1ccccc1F. The topological polar surface area (TPSA) is 79.2 Å². The number of aliphatic hydroxyl groups is 1. The second kappa shape index (κ2) is 7.39. The summed E-state index contributed by atoms with van der Waals surface area (Å²) in [5.41, 5.74) is 0.163. The van der Waals surface area contributed by atoms with Crippen LogP contribution in [0.2, 0.25) is 0 Å². The Morgan fingerprint density at radius 3 is 2.90 bits per heavy atom. The smallest absolute Gasteiger partial charge is 0.314 e. The third kappa shape index (κ3) is 4.57. The molecular formula is C14H17FN4O2. The Hall–Kier alpha value is -2.41. The van der Waals surface area contributed by atoms with Crippen molar-refractivity contribution in [3.05, 3.63) is 54.4 Å². The molecule has 0 fully saturated rings. The first-order valence-corrected chi connectivity index (χ1v) is 6.57. The fraction of sp³-hybridized carbons (Fsp3) is 0.286. The molecule has 6 nitrogen and oxygen atoms in total. The molecule has 0 aliphatic rings. The van der Waals surface area contributed by atoms with Gasteiger partial charge >= 0.3 is 6.03 Å². The summed E-state index contributed by atoms with van der Waals surface area (Å²) < 4.78 is 15.3. The molecule has 1 unspecified atom stereocenters. The number of urea groups is 1. The number of nitrogens with one attached hydrogen (secondary N) is 2. The lowest BCUT2D eigenvalue weighted by Gasteiger charge is -2.13. The standard InChI is InChI=1S/C14H17FN4O2/c15-12-4-2-1-3-11(12)13(20)9-18-14(21)17-6-8-19-7-5-16-10-19/h1-5,7,10,13,20H,6,8-9H2,(H2,17,18,21). The van der Waals surface area contributed by atoms with Crippen LogP contribution in [0.4, 0.5) is 9.18 Å². The van der Waals surface area contributed by atoms with Gasteiger partial charge in [0.1, 0.15) is 5.82 Å². The van der Waals surface area contributed by atoms with Crippen LogP contribution in [0.5, 0.6) is 0 Å². The second-order valence-corrected chi connectivity index (χ2v) is 4.47. The van der Waals surface area contributed by atoms with Crippen LogP contribution < -0.4 is 10.6 Å². The van der Waals surface area contributed by atoms with Crippen LogP contribution in [-0.2, 0) is 6.54 Å². The van der Waals surface area contributed by atoms with Crippen molar-refractivity contribution in [3.8, 4) is 0 Å². The number of carbonyl (C=O) groups is 1. The van der Waals surface area contributed by atoms with Gasteiger partial charge in [-0.3, -0.25) is 0 Å². The van der Waals surface area contributed by atoms with Gasteiger partial charge in [0, 0.05) is 37.6 Å². The molecule has 1 aromatic heterocycles. The molecule has 1 heterocycles. The monoisotopic (exact) mass is 292 g/mol. The number of carbonyl (C=O) groups excluding carboxylic acids is 1. The molecule has 112 valence electrons. The number of amides is 2. The number of aromatic nitrogens is 2. The molecule has 1 atom stereocenters. The minimum Gasteiger partial charge on any atom is -0.386 e. The van der Waals surface area contributed by atoms with E-state index in [0.29, 0.717) is 13.1 Å². The summed E-state index contributed by atoms with van der Waals surface area (Å²) >= 11 is 0. The first-order valence-electron chi connectivity index (χ1n) is 6.57. The first kappa shape index (κ1) is 15.0. The van der Waals surface area contributed by atoms with Crippen molar-refractivity contribution < 1.29 is 14.3 Å². The van der Waals surface area contributed by atoms with Crippen LogP contribution >= 0.6 is 0 Å². The summed E-state index contributed by atoms with van der Waals surface area (Å²) in [5.74, 6) is -0.493. The van der Waals surface area contributed by atoms with Gasteiger partial charge in [0.25, 0.3) is 0 Å². The molecule has 0 aliphatic heterocycles. The molecule has 3 N–H and O–H groups in total. The van der Waals surface area contributed by atoms with Gasteiger partial charge in [0.15, 0.2) is 0 Å². The molecule has 21 heavy (non-hydrogen) atoms. The Balaban J connectivity index is 1.70. The van der Waals surface area contributed by atoms with Crippen LogP contribution in [-0.4, -0.2) is 33.8 Å². The van der Waals surface area contributed by atoms with Crippen molar-refractivity contribution in [3.63, 3.8) is 0 Å². The van der Waals surface area contributed by atoms with E-state index in [9.17, 15) is 14.3 Å². The average molecular weight is 292 g/mol. The lowest BCUT2D eigenvalue weighted by molar-refractivity contribution is 0.169. The van der Waals surface area contributed by atoms with Crippen molar-refractivity contribution in [2.45, 2.75) is 12.6 Å². The fourth-order valence-corrected chi connectivity index (χ4v) is 1.82. The van der Waals surface area contributed by atoms with Crippen LogP contribution in [0.15, 0.2) is 43.0 Å². The van der Waals surface area contributed by atoms with Gasteiger partial charge in [-0.25, -0.2) is 14.2 Å². The summed E-state index contributed by atoms with van der Waals surface area (Å²) in [6.45, 7) is 0.971. The molecule has 0 bridgehead atoms. The highest BCUT2D eigenvalue weighted by molar-refractivity contribution is 5.73. The van der Waals surface area contributed by atoms with Crippen LogP contribution in [0.3, 0.4) is 0 Å². The molecule has 2 amide bonds. The summed E-state index contributed by atoms with van der Waals surface area (Å²) in [5, 5.41) is 15.0. The third-order valence-electron chi connectivity index (χ3n) is 2.93. The molecule has 0 aliphatic carbocycles. The number of hydrogen-bond donors (Lipinski definition) is 3. The maximum atomic E-state index is 13.4. The molecular weight excluding hydrogens is 275 g/mol. The number of hydrogen-bond acceptors (Lipinski definition) is 3. The minimum atomic E-state index is -1.08. The van der Waals surface area contributed by atoms with Gasteiger partial charge in [-0.1, -0.05) is 18.2 Å². The summed E-state index contributed by atoms with van der Waals surface area (Å²) in [7, 11) is 0. The average Bonchev–Trinajstić information content (AvgIpc) is 2.98. The highest BCUT2D eigenvalue weighted by atomic mass is 19.1. The molecule has 2 aromatic rings. The summed E-state index contributed by atoms with van der Waals surface area (Å²) in [6.07, 6.45) is 4.03. The van der Waals surface area contributed by atoms with Gasteiger partial charge in [-0.05, 0) is 6.07 Å². The Kier molecular flexibility index (Phi) is 5.28. The third-order valence-corrected chi connectivity index (χ3v) is 2.93. The number of rotatable bonds is 6. The van der Waals surface area contributed by atoms with Crippen LogP contribution in [0.1, 0.15) is 11.7 Å². The van der Waals surface area contributed by atoms with Gasteiger partial charge in [-0.15, -0.1) is 0 Å². The van der Waals surface area contributed by atoms with E-state index in [1.165, 1.54) is 12.1 Å². The van der Waals surface area contributed by atoms with Crippen molar-refractivity contribution in [2.75, 3.05) is 13.1 Å². The fourth-order valence-electron chi connectivity index (χ4n) is 1.82. The zero-order valence-corrected chi connectivity index (χ0v) is 11.4. The minimum absolute atomic E-state index is 0.0577. The molecule has 0 saturated heterocycles. The Morgan fingerprint density at radius 2 is 2.19 bits per heavy atom. The lowest BCUT2D eigenvalue weighted by Crippen LogP contribution is -2.39. The van der Waals surface area contributed by atoms with E-state index in [2.05, 4.69) is 15.6 Å². The van der Waals surface area contributed by atoms with Crippen molar-refractivity contribution in [2.24, 2.45) is 0 Å². The predicted molar refractivity (Wildman–Crippen MR) is 75.0 cm³/mol. The second-order valence-electron chi connectivity index (χ2n) is 4.47. The number of nitrogens with zero attached hydrogens (tertiary/aromatic N) is 2. The number of halogens is 1. The van der Waals surface area contributed by atoms with Gasteiger partial charge in [0.05, 0.1) is 12.4 Å². The van der Waals surface area contributed by atoms with Gasteiger partial charge in [0.2, 0.25) is 0 Å². The van der Waals surface area contributed by atoms with E-state index in [-0.39, 0.29) is 12.1 Å². The van der Waals surface area contributed by atoms with Gasteiger partial charge < -0.3 is 20.3 Å². The van der Waals surface area contributed by atoms with E-state index >= 15 is 0 Å². The zero-order valence-electron chi connectivity index (χ0n) is 11.4. The molecule has 0 spiro atoms. The lowest BCUT2D eigenvalue weighted by atomic mass is 10.1. The molecule has 2 rings (SSSR count). The van der Waals surface area contributed by atoms with Gasteiger partial charge in [-0.2, -0.15) is 0 Å². The number of benzene rings is 1. The highest BCUT2D eigenvalue weighted by Gasteiger charge is 2.12. The van der Waals surface area contributed by atoms with Crippen molar-refractivity contribution >= 4 is 6.03 Å². The van der Waals surface area contributed by atoms with E-state index in [1.54, 1.807) is 30.9 Å². The number of imidazole rings is 1. The van der Waals surface area contributed by atoms with Crippen molar-refractivity contribution in [1.82, 2.24) is 20.2 Å². The Bertz CT molecular complexity index is 574. The summed E-state index contributed by atoms with van der Waals surface area (Å²) in [4.78, 5) is 15.4. The Morgan fingerprint density at radius 1 is 1.38 bits per heavy atom. The maximum Gasteiger partial charge on any atom is 0.314 e. The molecule has 7 heteroatoms. The number of aliphatic hydroxyl groups excluding tert-OH is 1.